The van der Waals surface area contributed by atoms with Crippen LogP contribution in [-0.2, 0) is 10.0 Å². The second-order valence-electron chi connectivity index (χ2n) is 7.03. The van der Waals surface area contributed by atoms with Gasteiger partial charge in [-0.3, -0.25) is 14.9 Å². The van der Waals surface area contributed by atoms with E-state index in [2.05, 4.69) is 16.0 Å². The van der Waals surface area contributed by atoms with Crippen molar-refractivity contribution in [1.82, 2.24) is 10.6 Å². The van der Waals surface area contributed by atoms with Crippen molar-refractivity contribution >= 4 is 73.5 Å². The number of nitrogens with one attached hydrogen (secondary N) is 3. The predicted octanol–water partition coefficient (Wildman–Crippen LogP) is 2.24. The van der Waals surface area contributed by atoms with E-state index in [9.17, 15) is 23.3 Å². The molecule has 15 heteroatoms. The fourth-order valence-corrected chi connectivity index (χ4v) is 4.15. The van der Waals surface area contributed by atoms with Gasteiger partial charge in [0, 0.05) is 55.8 Å². The Balaban J connectivity index is 1.98. The Kier molecular flexibility index (Phi) is 10.9. The number of rotatable bonds is 12. The van der Waals surface area contributed by atoms with Crippen LogP contribution in [0.1, 0.15) is 10.4 Å². The molecule has 5 N–H and O–H groups in total. The molecular weight excluding hydrogens is 539 g/mol. The Bertz CT molecular complexity index is 1160. The normalized spacial score (nSPS) is 10.9. The average molecular weight is 563 g/mol. The molecule has 0 aliphatic rings. The minimum Gasteiger partial charge on any atom is -0.368 e. The second kappa shape index (κ2) is 13.4. The first kappa shape index (κ1) is 28.5. The van der Waals surface area contributed by atoms with E-state index in [1.54, 1.807) is 4.90 Å². The number of carbonyl (C=O) groups excluding carboxylic acids is 1. The Labute approximate surface area is 218 Å². The van der Waals surface area contributed by atoms with Gasteiger partial charge in [0.25, 0.3) is 11.6 Å². The number of amides is 1. The SMILES string of the molecule is NS(=O)(=O)c1ccc(NC(=S)NCCNC(=O)c2cc([N+](=O)[O-])ccc2N(CCCl)CCCl)cc1. The number of sulfonamides is 1. The number of nitro benzene ring substituents is 1. The molecule has 11 nitrogen and oxygen atoms in total. The summed E-state index contributed by atoms with van der Waals surface area (Å²) in [6, 6.07) is 9.74. The van der Waals surface area contributed by atoms with E-state index in [1.165, 1.54) is 42.5 Å². The number of nitrogens with zero attached hydrogens (tertiary/aromatic N) is 2. The fourth-order valence-electron chi connectivity index (χ4n) is 3.00. The van der Waals surface area contributed by atoms with Gasteiger partial charge in [-0.15, -0.1) is 23.2 Å². The lowest BCUT2D eigenvalue weighted by Crippen LogP contribution is -2.37. The van der Waals surface area contributed by atoms with Gasteiger partial charge in [0.2, 0.25) is 10.0 Å². The standard InChI is InChI=1S/C20H24Cl2N6O5S2/c21-7-11-27(12-8-22)18-6-3-15(28(30)31)13-17(18)19(29)24-9-10-25-20(34)26-14-1-4-16(5-2-14)35(23,32)33/h1-6,13H,7-12H2,(H,24,29)(H2,23,32,33)(H2,25,26,34). The summed E-state index contributed by atoms with van der Waals surface area (Å²) < 4.78 is 22.6. The zero-order valence-electron chi connectivity index (χ0n) is 18.4. The van der Waals surface area contributed by atoms with Gasteiger partial charge < -0.3 is 20.9 Å². The van der Waals surface area contributed by atoms with E-state index in [4.69, 9.17) is 40.6 Å². The zero-order valence-corrected chi connectivity index (χ0v) is 21.5. The molecule has 2 rings (SSSR count). The van der Waals surface area contributed by atoms with E-state index < -0.39 is 20.9 Å². The minimum atomic E-state index is -3.79. The van der Waals surface area contributed by atoms with E-state index >= 15 is 0 Å². The number of anilines is 2. The number of benzene rings is 2. The van der Waals surface area contributed by atoms with E-state index in [0.717, 1.165) is 0 Å². The first-order valence-electron chi connectivity index (χ1n) is 10.2. The first-order valence-corrected chi connectivity index (χ1v) is 13.2. The Morgan fingerprint density at radius 2 is 1.66 bits per heavy atom. The van der Waals surface area contributed by atoms with Gasteiger partial charge >= 0.3 is 0 Å². The third-order valence-electron chi connectivity index (χ3n) is 4.62. The second-order valence-corrected chi connectivity index (χ2v) is 9.76. The van der Waals surface area contributed by atoms with Crippen molar-refractivity contribution < 1.29 is 18.1 Å². The van der Waals surface area contributed by atoms with Gasteiger partial charge in [0.15, 0.2) is 5.11 Å². The molecular formula is C20H24Cl2N6O5S2. The molecule has 2 aromatic carbocycles. The maximum atomic E-state index is 12.8. The maximum Gasteiger partial charge on any atom is 0.270 e. The van der Waals surface area contributed by atoms with Crippen molar-refractivity contribution in [2.24, 2.45) is 5.14 Å². The van der Waals surface area contributed by atoms with Gasteiger partial charge in [-0.2, -0.15) is 0 Å². The molecule has 0 aromatic heterocycles. The van der Waals surface area contributed by atoms with Crippen LogP contribution in [0.3, 0.4) is 0 Å². The van der Waals surface area contributed by atoms with Gasteiger partial charge in [-0.05, 0) is 42.5 Å². The van der Waals surface area contributed by atoms with Crippen LogP contribution in [0.25, 0.3) is 0 Å². The Morgan fingerprint density at radius 3 is 2.20 bits per heavy atom. The van der Waals surface area contributed by atoms with Crippen LogP contribution in [0.2, 0.25) is 0 Å². The summed E-state index contributed by atoms with van der Waals surface area (Å²) >= 11 is 16.9. The molecule has 0 heterocycles. The molecule has 0 spiro atoms. The van der Waals surface area contributed by atoms with Crippen LogP contribution >= 0.6 is 35.4 Å². The van der Waals surface area contributed by atoms with E-state index in [-0.39, 0.29) is 46.1 Å². The number of primary sulfonamides is 1. The number of nitrogens with two attached hydrogens (primary N) is 1. The summed E-state index contributed by atoms with van der Waals surface area (Å²) in [5, 5.41) is 25.0. The highest BCUT2D eigenvalue weighted by Gasteiger charge is 2.20. The summed E-state index contributed by atoms with van der Waals surface area (Å²) in [5.74, 6) is 0.0689. The Hall–Kier alpha value is -2.71. The van der Waals surface area contributed by atoms with Crippen molar-refractivity contribution in [1.29, 1.82) is 0 Å². The number of hydrogen-bond donors (Lipinski definition) is 4. The lowest BCUT2D eigenvalue weighted by Gasteiger charge is -2.25. The molecule has 0 aliphatic heterocycles. The first-order chi connectivity index (χ1) is 16.6. The van der Waals surface area contributed by atoms with E-state index in [0.29, 0.717) is 24.5 Å². The zero-order chi connectivity index (χ0) is 26.0. The summed E-state index contributed by atoms with van der Waals surface area (Å²) in [7, 11) is -3.79. The lowest BCUT2D eigenvalue weighted by molar-refractivity contribution is -0.384. The summed E-state index contributed by atoms with van der Waals surface area (Å²) in [4.78, 5) is 25.2. The largest absolute Gasteiger partial charge is 0.368 e. The molecule has 35 heavy (non-hydrogen) atoms. The van der Waals surface area contributed by atoms with Crippen LogP contribution in [0.5, 0.6) is 0 Å². The van der Waals surface area contributed by atoms with Crippen molar-refractivity contribution in [3.63, 3.8) is 0 Å². The van der Waals surface area contributed by atoms with Gasteiger partial charge in [0.1, 0.15) is 0 Å². The van der Waals surface area contributed by atoms with Crippen molar-refractivity contribution in [2.75, 3.05) is 48.2 Å². The van der Waals surface area contributed by atoms with Gasteiger partial charge in [-0.25, -0.2) is 13.6 Å². The van der Waals surface area contributed by atoms with Crippen LogP contribution in [0.4, 0.5) is 17.1 Å². The van der Waals surface area contributed by atoms with Crippen molar-refractivity contribution in [3.8, 4) is 0 Å². The van der Waals surface area contributed by atoms with Gasteiger partial charge in [0.05, 0.1) is 21.1 Å². The molecule has 0 aliphatic carbocycles. The minimum absolute atomic E-state index is 0.0270. The molecule has 0 fully saturated rings. The Morgan fingerprint density at radius 1 is 1.06 bits per heavy atom. The number of hydrogen-bond acceptors (Lipinski definition) is 7. The summed E-state index contributed by atoms with van der Waals surface area (Å²) in [6.07, 6.45) is 0. The number of carbonyl (C=O) groups is 1. The number of thiocarbonyl (C=S) groups is 1. The molecule has 1 amide bonds. The predicted molar refractivity (Wildman–Crippen MR) is 141 cm³/mol. The quantitative estimate of drug-likeness (QED) is 0.0999. The number of nitro groups is 1. The maximum absolute atomic E-state index is 12.8. The lowest BCUT2D eigenvalue weighted by atomic mass is 10.1. The third-order valence-corrected chi connectivity index (χ3v) is 6.14. The number of halogens is 2. The average Bonchev–Trinajstić information content (AvgIpc) is 2.81. The van der Waals surface area contributed by atoms with Crippen LogP contribution in [-0.4, -0.2) is 62.3 Å². The highest BCUT2D eigenvalue weighted by molar-refractivity contribution is 7.89. The third kappa shape index (κ3) is 8.78. The summed E-state index contributed by atoms with van der Waals surface area (Å²) in [5.41, 5.74) is 0.943. The molecule has 0 bridgehead atoms. The molecule has 0 radical (unpaired) electrons. The molecule has 190 valence electrons. The van der Waals surface area contributed by atoms with Crippen LogP contribution in [0, 0.1) is 10.1 Å². The topological polar surface area (TPSA) is 160 Å². The van der Waals surface area contributed by atoms with Crippen LogP contribution < -0.4 is 26.0 Å². The monoisotopic (exact) mass is 562 g/mol. The molecule has 0 unspecified atom stereocenters. The highest BCUT2D eigenvalue weighted by atomic mass is 35.5. The number of alkyl halides is 2. The highest BCUT2D eigenvalue weighted by Crippen LogP contribution is 2.26. The fraction of sp³-hybridized carbons (Fsp3) is 0.300. The van der Waals surface area contributed by atoms with Crippen molar-refractivity contribution in [2.45, 2.75) is 4.90 Å². The molecule has 2 aromatic rings. The van der Waals surface area contributed by atoms with Crippen molar-refractivity contribution in [3.05, 3.63) is 58.1 Å². The smallest absolute Gasteiger partial charge is 0.270 e. The van der Waals surface area contributed by atoms with E-state index in [1.807, 2.05) is 0 Å². The molecule has 0 atom stereocenters. The molecule has 0 saturated carbocycles. The van der Waals surface area contributed by atoms with Gasteiger partial charge in [-0.1, -0.05) is 0 Å². The molecule has 0 saturated heterocycles. The summed E-state index contributed by atoms with van der Waals surface area (Å²) in [6.45, 7) is 1.24. The number of non-ortho nitro benzene ring substituents is 1. The van der Waals surface area contributed by atoms with Crippen LogP contribution in [0.15, 0.2) is 47.4 Å².